The van der Waals surface area contributed by atoms with Crippen molar-refractivity contribution in [3.8, 4) is 0 Å². The van der Waals surface area contributed by atoms with Gasteiger partial charge in [-0.05, 0) is 84.3 Å². The molecule has 2 aliphatic rings. The quantitative estimate of drug-likeness (QED) is 0.357. The number of allylic oxidation sites excluding steroid dienone is 11. The maximum atomic E-state index is 4.02. The van der Waals surface area contributed by atoms with E-state index in [1.165, 1.54) is 33.9 Å². The van der Waals surface area contributed by atoms with Crippen molar-refractivity contribution in [2.45, 2.75) is 33.6 Å². The first-order valence-electron chi connectivity index (χ1n) is 11.7. The highest BCUT2D eigenvalue weighted by Gasteiger charge is 2.30. The smallest absolute Gasteiger partial charge is 0.0656 e. The standard InChI is InChI=1S/C31H31BrN2/c1-5-8-15-25-21-23(4)27(17-10-7-3)33(25)29-19-13-20-30(31(29)32)34-26(16-9-6-2)22-24-14-11-12-18-28(24)34/h5-20H,3,21-22H2,1-2,4H3/b8-5-,9-6-,17-10-,25-15+,26-16+. The van der Waals surface area contributed by atoms with E-state index < -0.39 is 0 Å². The molecule has 0 aliphatic carbocycles. The van der Waals surface area contributed by atoms with Crippen LogP contribution in [-0.2, 0) is 6.42 Å². The van der Waals surface area contributed by atoms with Crippen molar-refractivity contribution in [2.75, 3.05) is 9.80 Å². The minimum Gasteiger partial charge on any atom is -0.313 e. The SMILES string of the molecule is C=C/C=C\C1=C(C)C/C(=C\C=C/C)N1c1cccc(N2/C(=C/C=C\C)Cc3ccccc32)c1Br. The van der Waals surface area contributed by atoms with Crippen molar-refractivity contribution in [3.63, 3.8) is 0 Å². The number of nitrogens with zero attached hydrogens (tertiary/aromatic N) is 2. The molecule has 0 N–H and O–H groups in total. The van der Waals surface area contributed by atoms with Gasteiger partial charge in [-0.1, -0.05) is 67.3 Å². The zero-order valence-corrected chi connectivity index (χ0v) is 21.7. The van der Waals surface area contributed by atoms with Crippen LogP contribution in [0.25, 0.3) is 0 Å². The molecule has 172 valence electrons. The first kappa shape index (κ1) is 23.8. The van der Waals surface area contributed by atoms with Gasteiger partial charge in [-0.25, -0.2) is 0 Å². The minimum atomic E-state index is 0.914. The molecule has 0 bridgehead atoms. The van der Waals surface area contributed by atoms with Crippen molar-refractivity contribution >= 4 is 33.0 Å². The fourth-order valence-electron chi connectivity index (χ4n) is 4.57. The first-order chi connectivity index (χ1) is 16.6. The van der Waals surface area contributed by atoms with Crippen molar-refractivity contribution in [1.29, 1.82) is 0 Å². The summed E-state index contributed by atoms with van der Waals surface area (Å²) in [5, 5.41) is 0. The maximum absolute atomic E-state index is 4.02. The molecule has 2 aromatic rings. The van der Waals surface area contributed by atoms with Crippen LogP contribution in [0.2, 0.25) is 0 Å². The average Bonchev–Trinajstić information content (AvgIpc) is 3.37. The molecule has 3 heteroatoms. The van der Waals surface area contributed by atoms with Gasteiger partial charge in [0.2, 0.25) is 0 Å². The Bertz CT molecular complexity index is 1270. The maximum Gasteiger partial charge on any atom is 0.0656 e. The average molecular weight is 512 g/mol. The molecular formula is C31H31BrN2. The van der Waals surface area contributed by atoms with E-state index in [2.05, 4.69) is 138 Å². The Labute approximate surface area is 212 Å². The molecule has 0 atom stereocenters. The summed E-state index contributed by atoms with van der Waals surface area (Å²) < 4.78 is 1.07. The molecule has 0 fully saturated rings. The predicted molar refractivity (Wildman–Crippen MR) is 151 cm³/mol. The van der Waals surface area contributed by atoms with Crippen LogP contribution in [0, 0.1) is 0 Å². The molecule has 0 radical (unpaired) electrons. The van der Waals surface area contributed by atoms with E-state index >= 15 is 0 Å². The number of benzene rings is 2. The van der Waals surface area contributed by atoms with Gasteiger partial charge >= 0.3 is 0 Å². The predicted octanol–water partition coefficient (Wildman–Crippen LogP) is 9.29. The Morgan fingerprint density at radius 1 is 0.794 bits per heavy atom. The second-order valence-corrected chi connectivity index (χ2v) is 9.18. The van der Waals surface area contributed by atoms with E-state index in [9.17, 15) is 0 Å². The molecule has 0 saturated heterocycles. The highest BCUT2D eigenvalue weighted by molar-refractivity contribution is 9.10. The molecule has 34 heavy (non-hydrogen) atoms. The number of hydrogen-bond donors (Lipinski definition) is 0. The van der Waals surface area contributed by atoms with Crippen molar-refractivity contribution < 1.29 is 0 Å². The van der Waals surface area contributed by atoms with Gasteiger partial charge < -0.3 is 9.80 Å². The first-order valence-corrected chi connectivity index (χ1v) is 12.5. The van der Waals surface area contributed by atoms with Crippen LogP contribution in [-0.4, -0.2) is 0 Å². The fourth-order valence-corrected chi connectivity index (χ4v) is 5.19. The van der Waals surface area contributed by atoms with E-state index in [0.717, 1.165) is 28.7 Å². The molecule has 2 aliphatic heterocycles. The summed E-state index contributed by atoms with van der Waals surface area (Å²) in [5.74, 6) is 0. The summed E-state index contributed by atoms with van der Waals surface area (Å²) in [4.78, 5) is 4.74. The number of rotatable bonds is 6. The van der Waals surface area contributed by atoms with E-state index in [0.29, 0.717) is 0 Å². The number of para-hydroxylation sites is 1. The zero-order valence-electron chi connectivity index (χ0n) is 20.1. The normalized spacial score (nSPS) is 18.6. The second kappa shape index (κ2) is 10.8. The van der Waals surface area contributed by atoms with Gasteiger partial charge in [0, 0.05) is 35.6 Å². The lowest BCUT2D eigenvalue weighted by Gasteiger charge is -2.29. The molecule has 0 spiro atoms. The Balaban J connectivity index is 1.88. The molecule has 2 aromatic carbocycles. The summed E-state index contributed by atoms with van der Waals surface area (Å²) in [6.45, 7) is 10.2. The summed E-state index contributed by atoms with van der Waals surface area (Å²) in [6.07, 6.45) is 20.6. The van der Waals surface area contributed by atoms with Crippen molar-refractivity contribution in [1.82, 2.24) is 0 Å². The topological polar surface area (TPSA) is 6.48 Å². The van der Waals surface area contributed by atoms with Crippen molar-refractivity contribution in [3.05, 3.63) is 136 Å². The highest BCUT2D eigenvalue weighted by atomic mass is 79.9. The van der Waals surface area contributed by atoms with Gasteiger partial charge in [0.25, 0.3) is 0 Å². The van der Waals surface area contributed by atoms with Gasteiger partial charge in [-0.2, -0.15) is 0 Å². The lowest BCUT2D eigenvalue weighted by molar-refractivity contribution is 1.09. The summed E-state index contributed by atoms with van der Waals surface area (Å²) in [5.41, 5.74) is 9.90. The Kier molecular flexibility index (Phi) is 7.54. The van der Waals surface area contributed by atoms with Gasteiger partial charge in [0.05, 0.1) is 15.8 Å². The molecule has 0 saturated carbocycles. The number of halogens is 1. The van der Waals surface area contributed by atoms with Gasteiger partial charge in [-0.15, -0.1) is 0 Å². The number of fused-ring (bicyclic) bond motifs is 1. The second-order valence-electron chi connectivity index (χ2n) is 8.39. The lowest BCUT2D eigenvalue weighted by Crippen LogP contribution is -2.18. The van der Waals surface area contributed by atoms with Crippen LogP contribution in [0.3, 0.4) is 0 Å². The summed E-state index contributed by atoms with van der Waals surface area (Å²) in [6, 6.07) is 15.2. The Morgan fingerprint density at radius 3 is 2.09 bits per heavy atom. The van der Waals surface area contributed by atoms with Crippen molar-refractivity contribution in [2.24, 2.45) is 0 Å². The van der Waals surface area contributed by atoms with Crippen LogP contribution in [0.4, 0.5) is 17.1 Å². The van der Waals surface area contributed by atoms with Gasteiger partial charge in [0.15, 0.2) is 0 Å². The van der Waals surface area contributed by atoms with E-state index in [-0.39, 0.29) is 0 Å². The summed E-state index contributed by atoms with van der Waals surface area (Å²) in [7, 11) is 0. The highest BCUT2D eigenvalue weighted by Crippen LogP contribution is 2.48. The number of hydrogen-bond acceptors (Lipinski definition) is 2. The Hall–Kier alpha value is -3.30. The van der Waals surface area contributed by atoms with Gasteiger partial charge in [0.1, 0.15) is 0 Å². The van der Waals surface area contributed by atoms with Crippen LogP contribution in [0.15, 0.2) is 131 Å². The molecule has 0 unspecified atom stereocenters. The molecule has 2 nitrogen and oxygen atoms in total. The fraction of sp³-hybridized carbons (Fsp3) is 0.161. The lowest BCUT2D eigenvalue weighted by atomic mass is 10.1. The monoisotopic (exact) mass is 510 g/mol. The van der Waals surface area contributed by atoms with E-state index in [1.807, 2.05) is 12.2 Å². The Morgan fingerprint density at radius 2 is 1.41 bits per heavy atom. The number of anilines is 3. The van der Waals surface area contributed by atoms with E-state index in [4.69, 9.17) is 0 Å². The largest absolute Gasteiger partial charge is 0.313 e. The van der Waals surface area contributed by atoms with Crippen LogP contribution in [0.1, 0.15) is 32.8 Å². The third kappa shape index (κ3) is 4.53. The van der Waals surface area contributed by atoms with Crippen LogP contribution in [0.5, 0.6) is 0 Å². The third-order valence-electron chi connectivity index (χ3n) is 6.10. The molecular weight excluding hydrogens is 480 g/mol. The minimum absolute atomic E-state index is 0.914. The third-order valence-corrected chi connectivity index (χ3v) is 6.91. The zero-order chi connectivity index (χ0) is 24.1. The summed E-state index contributed by atoms with van der Waals surface area (Å²) >= 11 is 4.02. The molecule has 2 heterocycles. The molecule has 0 aromatic heterocycles. The molecule has 0 amide bonds. The van der Waals surface area contributed by atoms with Crippen LogP contribution >= 0.6 is 15.9 Å². The van der Waals surface area contributed by atoms with E-state index in [1.54, 1.807) is 0 Å². The van der Waals surface area contributed by atoms with Gasteiger partial charge in [-0.3, -0.25) is 0 Å². The van der Waals surface area contributed by atoms with Crippen LogP contribution < -0.4 is 9.80 Å². The molecule has 4 rings (SSSR count).